The third kappa shape index (κ3) is 3.79. The van der Waals surface area contributed by atoms with E-state index in [1.807, 2.05) is 30.5 Å². The van der Waals surface area contributed by atoms with Crippen molar-refractivity contribution in [3.63, 3.8) is 0 Å². The molecule has 1 amide bonds. The van der Waals surface area contributed by atoms with Crippen LogP contribution in [0.5, 0.6) is 0 Å². The van der Waals surface area contributed by atoms with E-state index in [4.69, 9.17) is 0 Å². The molecule has 2 aromatic heterocycles. The van der Waals surface area contributed by atoms with Crippen LogP contribution in [0, 0.1) is 11.8 Å². The molecule has 1 aliphatic rings. The second-order valence-electron chi connectivity index (χ2n) is 6.21. The fourth-order valence-corrected chi connectivity index (χ4v) is 3.79. The Balaban J connectivity index is 1.67. The van der Waals surface area contributed by atoms with E-state index in [0.29, 0.717) is 18.7 Å². The number of aliphatic carboxylic acids is 1. The number of carbonyl (C=O) groups excluding carboxylic acids is 1. The number of carbonyl (C=O) groups is 2. The van der Waals surface area contributed by atoms with Crippen LogP contribution in [-0.4, -0.2) is 44.9 Å². The molecular weight excluding hydrogens is 326 g/mol. The van der Waals surface area contributed by atoms with Crippen LogP contribution in [0.15, 0.2) is 29.8 Å². The van der Waals surface area contributed by atoms with E-state index in [1.54, 1.807) is 11.1 Å². The first-order chi connectivity index (χ1) is 11.5. The molecule has 126 valence electrons. The molecule has 1 saturated heterocycles. The standard InChI is InChI=1S/C17H19N3O3S/c1-11-6-12(17(22)23)9-20(8-11)15(21)7-13-10-24-16(19-13)14-4-2-3-5-18-14/h2-5,10-12H,6-9H2,1H3,(H,22,23). The number of thiazole rings is 1. The Morgan fingerprint density at radius 3 is 2.92 bits per heavy atom. The molecule has 0 saturated carbocycles. The van der Waals surface area contributed by atoms with Crippen LogP contribution in [-0.2, 0) is 16.0 Å². The largest absolute Gasteiger partial charge is 0.481 e. The summed E-state index contributed by atoms with van der Waals surface area (Å²) in [5, 5.41) is 11.9. The lowest BCUT2D eigenvalue weighted by atomic mass is 9.90. The lowest BCUT2D eigenvalue weighted by Crippen LogP contribution is -2.46. The average Bonchev–Trinajstić information content (AvgIpc) is 3.03. The van der Waals surface area contributed by atoms with Gasteiger partial charge in [0.15, 0.2) is 0 Å². The number of piperidine rings is 1. The first-order valence-corrected chi connectivity index (χ1v) is 8.77. The van der Waals surface area contributed by atoms with Crippen LogP contribution >= 0.6 is 11.3 Å². The monoisotopic (exact) mass is 345 g/mol. The van der Waals surface area contributed by atoms with Gasteiger partial charge < -0.3 is 10.0 Å². The maximum absolute atomic E-state index is 12.5. The number of rotatable bonds is 4. The summed E-state index contributed by atoms with van der Waals surface area (Å²) in [6, 6.07) is 5.63. The molecule has 6 nitrogen and oxygen atoms in total. The number of hydrogen-bond donors (Lipinski definition) is 1. The molecule has 1 fully saturated rings. The summed E-state index contributed by atoms with van der Waals surface area (Å²) >= 11 is 1.46. The van der Waals surface area contributed by atoms with Crippen LogP contribution < -0.4 is 0 Å². The Morgan fingerprint density at radius 1 is 1.38 bits per heavy atom. The molecule has 0 radical (unpaired) electrons. The summed E-state index contributed by atoms with van der Waals surface area (Å²) in [6.07, 6.45) is 2.53. The molecule has 7 heteroatoms. The van der Waals surface area contributed by atoms with E-state index < -0.39 is 11.9 Å². The van der Waals surface area contributed by atoms with Crippen LogP contribution in [0.2, 0.25) is 0 Å². The molecule has 3 heterocycles. The molecule has 3 rings (SSSR count). The highest BCUT2D eigenvalue weighted by Crippen LogP contribution is 2.24. The fraction of sp³-hybridized carbons (Fsp3) is 0.412. The number of amides is 1. The third-order valence-corrected chi connectivity index (χ3v) is 5.04. The number of nitrogens with zero attached hydrogens (tertiary/aromatic N) is 3. The van der Waals surface area contributed by atoms with E-state index in [1.165, 1.54) is 11.3 Å². The van der Waals surface area contributed by atoms with Crippen molar-refractivity contribution in [2.45, 2.75) is 19.8 Å². The van der Waals surface area contributed by atoms with E-state index in [0.717, 1.165) is 10.7 Å². The van der Waals surface area contributed by atoms with Gasteiger partial charge in [0.1, 0.15) is 5.01 Å². The van der Waals surface area contributed by atoms with Crippen molar-refractivity contribution in [2.24, 2.45) is 11.8 Å². The number of carboxylic acids is 1. The molecule has 2 unspecified atom stereocenters. The number of likely N-dealkylation sites (tertiary alicyclic amines) is 1. The normalized spacial score (nSPS) is 20.8. The van der Waals surface area contributed by atoms with E-state index in [2.05, 4.69) is 9.97 Å². The minimum Gasteiger partial charge on any atom is -0.481 e. The van der Waals surface area contributed by atoms with Crippen molar-refractivity contribution < 1.29 is 14.7 Å². The Morgan fingerprint density at radius 2 is 2.21 bits per heavy atom. The predicted molar refractivity (Wildman–Crippen MR) is 90.5 cm³/mol. The summed E-state index contributed by atoms with van der Waals surface area (Å²) in [6.45, 7) is 2.88. The average molecular weight is 345 g/mol. The SMILES string of the molecule is CC1CC(C(=O)O)CN(C(=O)Cc2csc(-c3ccccn3)n2)C1. The number of hydrogen-bond acceptors (Lipinski definition) is 5. The van der Waals surface area contributed by atoms with Gasteiger partial charge >= 0.3 is 5.97 Å². The van der Waals surface area contributed by atoms with Gasteiger partial charge in [-0.3, -0.25) is 14.6 Å². The van der Waals surface area contributed by atoms with Gasteiger partial charge in [0.2, 0.25) is 5.91 Å². The number of carboxylic acid groups (broad SMARTS) is 1. The Hall–Kier alpha value is -2.28. The summed E-state index contributed by atoms with van der Waals surface area (Å²) < 4.78 is 0. The highest BCUT2D eigenvalue weighted by Gasteiger charge is 2.31. The van der Waals surface area contributed by atoms with Crippen LogP contribution in [0.25, 0.3) is 10.7 Å². The summed E-state index contributed by atoms with van der Waals surface area (Å²) in [5.74, 6) is -1.17. The van der Waals surface area contributed by atoms with Gasteiger partial charge in [0.05, 0.1) is 23.7 Å². The molecule has 0 bridgehead atoms. The number of aromatic nitrogens is 2. The molecule has 0 aliphatic carbocycles. The molecule has 0 spiro atoms. The van der Waals surface area contributed by atoms with Crippen molar-refractivity contribution in [3.8, 4) is 10.7 Å². The van der Waals surface area contributed by atoms with Crippen molar-refractivity contribution in [1.29, 1.82) is 0 Å². The summed E-state index contributed by atoms with van der Waals surface area (Å²) in [5.41, 5.74) is 1.49. The first-order valence-electron chi connectivity index (χ1n) is 7.89. The fourth-order valence-electron chi connectivity index (χ4n) is 3.00. The van der Waals surface area contributed by atoms with Gasteiger partial charge in [-0.2, -0.15) is 0 Å². The van der Waals surface area contributed by atoms with Crippen LogP contribution in [0.4, 0.5) is 0 Å². The van der Waals surface area contributed by atoms with Gasteiger partial charge in [-0.15, -0.1) is 11.3 Å². The van der Waals surface area contributed by atoms with Gasteiger partial charge in [-0.1, -0.05) is 13.0 Å². The maximum atomic E-state index is 12.5. The van der Waals surface area contributed by atoms with Crippen molar-refractivity contribution >= 4 is 23.2 Å². The van der Waals surface area contributed by atoms with Gasteiger partial charge in [0, 0.05) is 24.7 Å². The van der Waals surface area contributed by atoms with Gasteiger partial charge in [-0.05, 0) is 24.5 Å². The molecule has 0 aromatic carbocycles. The lowest BCUT2D eigenvalue weighted by molar-refractivity contribution is -0.146. The predicted octanol–water partition coefficient (Wildman–Crippen LogP) is 2.32. The third-order valence-electron chi connectivity index (χ3n) is 4.13. The zero-order valence-corrected chi connectivity index (χ0v) is 14.2. The smallest absolute Gasteiger partial charge is 0.308 e. The first kappa shape index (κ1) is 16.6. The second-order valence-corrected chi connectivity index (χ2v) is 7.07. The molecule has 2 atom stereocenters. The summed E-state index contributed by atoms with van der Waals surface area (Å²) in [7, 11) is 0. The topological polar surface area (TPSA) is 83.4 Å². The zero-order valence-electron chi connectivity index (χ0n) is 13.4. The van der Waals surface area contributed by atoms with Gasteiger partial charge in [-0.25, -0.2) is 4.98 Å². The number of pyridine rings is 1. The van der Waals surface area contributed by atoms with Crippen molar-refractivity contribution in [2.75, 3.05) is 13.1 Å². The molecule has 2 aromatic rings. The van der Waals surface area contributed by atoms with Crippen LogP contribution in [0.1, 0.15) is 19.0 Å². The molecule has 1 N–H and O–H groups in total. The zero-order chi connectivity index (χ0) is 17.1. The highest BCUT2D eigenvalue weighted by atomic mass is 32.1. The lowest BCUT2D eigenvalue weighted by Gasteiger charge is -2.34. The molecule has 24 heavy (non-hydrogen) atoms. The summed E-state index contributed by atoms with van der Waals surface area (Å²) in [4.78, 5) is 34.1. The Kier molecular flexibility index (Phi) is 4.89. The Bertz CT molecular complexity index is 732. The van der Waals surface area contributed by atoms with Crippen LogP contribution in [0.3, 0.4) is 0 Å². The van der Waals surface area contributed by atoms with E-state index in [-0.39, 0.29) is 24.8 Å². The second kappa shape index (κ2) is 7.09. The van der Waals surface area contributed by atoms with E-state index in [9.17, 15) is 14.7 Å². The van der Waals surface area contributed by atoms with Crippen molar-refractivity contribution in [1.82, 2.24) is 14.9 Å². The quantitative estimate of drug-likeness (QED) is 0.919. The molecule has 1 aliphatic heterocycles. The highest BCUT2D eigenvalue weighted by molar-refractivity contribution is 7.13. The Labute approximate surface area is 144 Å². The maximum Gasteiger partial charge on any atom is 0.308 e. The molecular formula is C17H19N3O3S. The van der Waals surface area contributed by atoms with E-state index >= 15 is 0 Å². The minimum atomic E-state index is -0.828. The van der Waals surface area contributed by atoms with Gasteiger partial charge in [0.25, 0.3) is 0 Å². The minimum absolute atomic E-state index is 0.0642. The van der Waals surface area contributed by atoms with Crippen molar-refractivity contribution in [3.05, 3.63) is 35.5 Å².